The predicted molar refractivity (Wildman–Crippen MR) is 68.4 cm³/mol. The minimum absolute atomic E-state index is 0.00109. The summed E-state index contributed by atoms with van der Waals surface area (Å²) < 4.78 is 5.45. The molecule has 0 bridgehead atoms. The Hall–Kier alpha value is -1.16. The van der Waals surface area contributed by atoms with E-state index in [2.05, 4.69) is 23.8 Å². The molecule has 1 saturated carbocycles. The van der Waals surface area contributed by atoms with Crippen molar-refractivity contribution in [1.82, 2.24) is 9.97 Å². The highest BCUT2D eigenvalue weighted by atomic mass is 35.5. The van der Waals surface area contributed by atoms with Crippen molar-refractivity contribution in [3.63, 3.8) is 0 Å². The first-order valence-electron chi connectivity index (χ1n) is 6.24. The third-order valence-corrected chi connectivity index (χ3v) is 3.85. The summed E-state index contributed by atoms with van der Waals surface area (Å²) in [7, 11) is 0. The molecule has 1 aromatic rings. The fraction of sp³-hybridized carbons (Fsp3) is 0.615. The Kier molecular flexibility index (Phi) is 4.17. The normalized spacial score (nSPS) is 27.8. The van der Waals surface area contributed by atoms with Gasteiger partial charge in [-0.05, 0) is 31.1 Å². The van der Waals surface area contributed by atoms with Gasteiger partial charge in [0.25, 0.3) is 0 Å². The zero-order chi connectivity index (χ0) is 13.1. The summed E-state index contributed by atoms with van der Waals surface area (Å²) in [4.78, 5) is 19.6. The molecule has 4 nitrogen and oxygen atoms in total. The Bertz CT molecular complexity index is 422. The van der Waals surface area contributed by atoms with Crippen LogP contribution in [0.1, 0.15) is 43.6 Å². The second kappa shape index (κ2) is 5.65. The van der Waals surface area contributed by atoms with Gasteiger partial charge in [0, 0.05) is 0 Å². The van der Waals surface area contributed by atoms with E-state index in [1.54, 1.807) is 0 Å². The first kappa shape index (κ1) is 13.3. The van der Waals surface area contributed by atoms with Gasteiger partial charge < -0.3 is 4.74 Å². The van der Waals surface area contributed by atoms with E-state index in [0.717, 1.165) is 19.3 Å². The highest BCUT2D eigenvalue weighted by Crippen LogP contribution is 2.31. The lowest BCUT2D eigenvalue weighted by Gasteiger charge is -2.31. The van der Waals surface area contributed by atoms with E-state index in [1.165, 1.54) is 12.4 Å². The Balaban J connectivity index is 1.93. The molecule has 2 rings (SSSR count). The van der Waals surface area contributed by atoms with Crippen molar-refractivity contribution >= 4 is 17.6 Å². The van der Waals surface area contributed by atoms with Crippen molar-refractivity contribution in [3.8, 4) is 0 Å². The van der Waals surface area contributed by atoms with Gasteiger partial charge in [-0.1, -0.05) is 25.4 Å². The second-order valence-corrected chi connectivity index (χ2v) is 5.41. The van der Waals surface area contributed by atoms with Crippen LogP contribution in [0.25, 0.3) is 0 Å². The zero-order valence-electron chi connectivity index (χ0n) is 10.6. The van der Waals surface area contributed by atoms with Crippen molar-refractivity contribution in [2.75, 3.05) is 0 Å². The molecule has 3 unspecified atom stereocenters. The second-order valence-electron chi connectivity index (χ2n) is 5.02. The number of carbonyl (C=O) groups excluding carboxylic acids is 1. The number of hydrogen-bond donors (Lipinski definition) is 0. The van der Waals surface area contributed by atoms with Gasteiger partial charge in [-0.25, -0.2) is 14.8 Å². The Labute approximate surface area is 112 Å². The largest absolute Gasteiger partial charge is 0.458 e. The molecule has 98 valence electrons. The molecule has 0 radical (unpaired) electrons. The summed E-state index contributed by atoms with van der Waals surface area (Å²) in [6, 6.07) is 0. The number of esters is 1. The molecule has 0 saturated heterocycles. The predicted octanol–water partition coefficient (Wildman–Crippen LogP) is 3.11. The molecule has 1 aromatic heterocycles. The molecule has 0 N–H and O–H groups in total. The van der Waals surface area contributed by atoms with Crippen LogP contribution in [0, 0.1) is 11.8 Å². The summed E-state index contributed by atoms with van der Waals surface area (Å²) in [5, 5.41) is 0.270. The van der Waals surface area contributed by atoms with Crippen molar-refractivity contribution < 1.29 is 9.53 Å². The Morgan fingerprint density at radius 3 is 2.67 bits per heavy atom. The lowest BCUT2D eigenvalue weighted by atomic mass is 9.80. The summed E-state index contributed by atoms with van der Waals surface area (Å²) in [6.45, 7) is 4.44. The first-order valence-corrected chi connectivity index (χ1v) is 6.62. The number of carbonyl (C=O) groups is 1. The molecule has 3 atom stereocenters. The number of ether oxygens (including phenoxy) is 1. The van der Waals surface area contributed by atoms with E-state index in [4.69, 9.17) is 16.3 Å². The van der Waals surface area contributed by atoms with Gasteiger partial charge in [0.15, 0.2) is 5.69 Å². The summed E-state index contributed by atoms with van der Waals surface area (Å²) in [5.41, 5.74) is 0.214. The van der Waals surface area contributed by atoms with Crippen LogP contribution in [0.5, 0.6) is 0 Å². The Morgan fingerprint density at radius 2 is 2.06 bits per heavy atom. The molecule has 0 aliphatic heterocycles. The zero-order valence-corrected chi connectivity index (χ0v) is 11.4. The van der Waals surface area contributed by atoms with E-state index in [-0.39, 0.29) is 17.0 Å². The van der Waals surface area contributed by atoms with E-state index in [9.17, 15) is 4.79 Å². The van der Waals surface area contributed by atoms with Crippen LogP contribution < -0.4 is 0 Å². The van der Waals surface area contributed by atoms with Gasteiger partial charge in [-0.3, -0.25) is 0 Å². The third kappa shape index (κ3) is 3.19. The monoisotopic (exact) mass is 268 g/mol. The number of aromatic nitrogens is 2. The molecule has 1 aliphatic rings. The van der Waals surface area contributed by atoms with Crippen molar-refractivity contribution in [2.45, 2.75) is 39.2 Å². The number of hydrogen-bond acceptors (Lipinski definition) is 4. The minimum atomic E-state index is -0.411. The molecule has 0 aromatic carbocycles. The van der Waals surface area contributed by atoms with E-state index < -0.39 is 5.97 Å². The smallest absolute Gasteiger partial charge is 0.358 e. The van der Waals surface area contributed by atoms with Gasteiger partial charge in [0.2, 0.25) is 0 Å². The van der Waals surface area contributed by atoms with Crippen molar-refractivity contribution in [1.29, 1.82) is 0 Å². The van der Waals surface area contributed by atoms with Crippen molar-refractivity contribution in [2.24, 2.45) is 11.8 Å². The molecular weight excluding hydrogens is 252 g/mol. The van der Waals surface area contributed by atoms with E-state index in [1.807, 2.05) is 0 Å². The SMILES string of the molecule is CC1CCC(OC(=O)c2cnc(Cl)cn2)CC1C. The molecule has 1 heterocycles. The molecule has 5 heteroatoms. The quantitative estimate of drug-likeness (QED) is 0.774. The lowest BCUT2D eigenvalue weighted by Crippen LogP contribution is -2.29. The highest BCUT2D eigenvalue weighted by molar-refractivity contribution is 6.29. The van der Waals surface area contributed by atoms with Crippen LogP contribution in [-0.4, -0.2) is 22.0 Å². The maximum absolute atomic E-state index is 11.8. The first-order chi connectivity index (χ1) is 8.56. The minimum Gasteiger partial charge on any atom is -0.458 e. The standard InChI is InChI=1S/C13H17ClN2O2/c1-8-3-4-10(5-9(8)2)18-13(17)11-6-16-12(14)7-15-11/h6-10H,3-5H2,1-2H3. The van der Waals surface area contributed by atoms with Gasteiger partial charge >= 0.3 is 5.97 Å². The van der Waals surface area contributed by atoms with Crippen LogP contribution in [0.3, 0.4) is 0 Å². The van der Waals surface area contributed by atoms with Crippen LogP contribution in [0.4, 0.5) is 0 Å². The fourth-order valence-electron chi connectivity index (χ4n) is 2.23. The fourth-order valence-corrected chi connectivity index (χ4v) is 2.33. The van der Waals surface area contributed by atoms with Crippen LogP contribution in [0.2, 0.25) is 5.15 Å². The van der Waals surface area contributed by atoms with Crippen molar-refractivity contribution in [3.05, 3.63) is 23.2 Å². The summed E-state index contributed by atoms with van der Waals surface area (Å²) >= 11 is 5.62. The van der Waals surface area contributed by atoms with E-state index in [0.29, 0.717) is 11.8 Å². The lowest BCUT2D eigenvalue weighted by molar-refractivity contribution is 0.00813. The highest BCUT2D eigenvalue weighted by Gasteiger charge is 2.27. The van der Waals surface area contributed by atoms with Gasteiger partial charge in [-0.15, -0.1) is 0 Å². The molecule has 0 spiro atoms. The topological polar surface area (TPSA) is 52.1 Å². The average molecular weight is 269 g/mol. The van der Waals surface area contributed by atoms with E-state index >= 15 is 0 Å². The molecule has 18 heavy (non-hydrogen) atoms. The maximum Gasteiger partial charge on any atom is 0.358 e. The van der Waals surface area contributed by atoms with Crippen LogP contribution in [0.15, 0.2) is 12.4 Å². The number of halogens is 1. The Morgan fingerprint density at radius 1 is 1.28 bits per heavy atom. The van der Waals surface area contributed by atoms with Gasteiger partial charge in [0.1, 0.15) is 11.3 Å². The average Bonchev–Trinajstić information content (AvgIpc) is 2.34. The number of rotatable bonds is 2. The third-order valence-electron chi connectivity index (χ3n) is 3.65. The summed E-state index contributed by atoms with van der Waals surface area (Å²) in [6.07, 6.45) is 5.65. The van der Waals surface area contributed by atoms with Crippen LogP contribution in [-0.2, 0) is 4.74 Å². The summed E-state index contributed by atoms with van der Waals surface area (Å²) in [5.74, 6) is 0.883. The van der Waals surface area contributed by atoms with Crippen LogP contribution >= 0.6 is 11.6 Å². The number of nitrogens with zero attached hydrogens (tertiary/aromatic N) is 2. The molecule has 1 fully saturated rings. The van der Waals surface area contributed by atoms with Gasteiger partial charge in [-0.2, -0.15) is 0 Å². The molecule has 0 amide bonds. The molecule has 1 aliphatic carbocycles. The maximum atomic E-state index is 11.8. The molecular formula is C13H17ClN2O2. The van der Waals surface area contributed by atoms with Gasteiger partial charge in [0.05, 0.1) is 12.4 Å².